The molecule has 1 aromatic carbocycles. The summed E-state index contributed by atoms with van der Waals surface area (Å²) in [6, 6.07) is 4.66. The maximum atomic E-state index is 11.9. The van der Waals surface area contributed by atoms with Gasteiger partial charge in [0.1, 0.15) is 6.04 Å². The summed E-state index contributed by atoms with van der Waals surface area (Å²) in [5.41, 5.74) is 7.92. The minimum Gasteiger partial charge on any atom is -0.480 e. The molecule has 92 valence electrons. The Hall–Kier alpha value is -1.20. The highest BCUT2D eigenvalue weighted by molar-refractivity contribution is 7.85. The number of hydrogen-bond acceptors (Lipinski definition) is 3. The Morgan fingerprint density at radius 3 is 2.82 bits per heavy atom. The Balaban J connectivity index is 2.12. The molecule has 0 saturated heterocycles. The summed E-state index contributed by atoms with van der Waals surface area (Å²) in [5, 5.41) is 8.67. The van der Waals surface area contributed by atoms with Crippen molar-refractivity contribution in [3.05, 3.63) is 29.3 Å². The number of benzene rings is 1. The third-order valence-corrected chi connectivity index (χ3v) is 4.42. The Morgan fingerprint density at radius 1 is 1.41 bits per heavy atom. The molecular weight excluding hydrogens is 238 g/mol. The summed E-state index contributed by atoms with van der Waals surface area (Å²) in [6.45, 7) is 0. The van der Waals surface area contributed by atoms with Gasteiger partial charge < -0.3 is 10.8 Å². The highest BCUT2D eigenvalue weighted by atomic mass is 32.2. The Kier molecular flexibility index (Phi) is 3.59. The van der Waals surface area contributed by atoms with Crippen LogP contribution < -0.4 is 5.73 Å². The van der Waals surface area contributed by atoms with Crippen LogP contribution in [0.5, 0.6) is 0 Å². The summed E-state index contributed by atoms with van der Waals surface area (Å²) in [7, 11) is -1.33. The molecule has 2 unspecified atom stereocenters. The molecule has 3 N–H and O–H groups in total. The van der Waals surface area contributed by atoms with E-state index in [0.29, 0.717) is 4.90 Å². The second kappa shape index (κ2) is 4.98. The first-order chi connectivity index (χ1) is 8.08. The van der Waals surface area contributed by atoms with Crippen LogP contribution in [0.15, 0.2) is 23.1 Å². The molecule has 0 aromatic heterocycles. The molecule has 0 radical (unpaired) electrons. The lowest BCUT2D eigenvalue weighted by atomic mass is 10.1. The van der Waals surface area contributed by atoms with Gasteiger partial charge in [-0.25, -0.2) is 0 Å². The average Bonchev–Trinajstić information content (AvgIpc) is 2.75. The fourth-order valence-electron chi connectivity index (χ4n) is 2.02. The molecule has 0 amide bonds. The zero-order chi connectivity index (χ0) is 12.4. The lowest BCUT2D eigenvalue weighted by molar-refractivity contribution is -0.137. The van der Waals surface area contributed by atoms with Crippen LogP contribution in [0.25, 0.3) is 0 Å². The summed E-state index contributed by atoms with van der Waals surface area (Å²) in [6.07, 6.45) is 3.24. The fourth-order valence-corrected chi connectivity index (χ4v) is 3.18. The minimum atomic E-state index is -1.33. The van der Waals surface area contributed by atoms with Gasteiger partial charge in [-0.15, -0.1) is 0 Å². The van der Waals surface area contributed by atoms with E-state index >= 15 is 0 Å². The number of rotatable bonds is 4. The van der Waals surface area contributed by atoms with E-state index in [1.807, 2.05) is 18.2 Å². The van der Waals surface area contributed by atoms with Gasteiger partial charge in [0, 0.05) is 4.90 Å². The lowest BCUT2D eigenvalue weighted by Gasteiger charge is -2.08. The maximum absolute atomic E-state index is 11.9. The van der Waals surface area contributed by atoms with Crippen LogP contribution in [0.4, 0.5) is 0 Å². The number of carbonyl (C=O) groups is 1. The molecule has 1 aliphatic carbocycles. The van der Waals surface area contributed by atoms with Crippen LogP contribution in [0, 0.1) is 0 Å². The molecule has 2 atom stereocenters. The molecule has 0 bridgehead atoms. The van der Waals surface area contributed by atoms with Gasteiger partial charge in [-0.2, -0.15) is 0 Å². The Morgan fingerprint density at radius 2 is 2.12 bits per heavy atom. The Labute approximate surface area is 102 Å². The van der Waals surface area contributed by atoms with Crippen molar-refractivity contribution >= 4 is 16.8 Å². The normalized spacial score (nSPS) is 17.5. The number of aryl methyl sites for hydroxylation is 2. The van der Waals surface area contributed by atoms with Crippen LogP contribution in [0.1, 0.15) is 17.5 Å². The zero-order valence-electron chi connectivity index (χ0n) is 9.39. The fraction of sp³-hybridized carbons (Fsp3) is 0.417. The second-order valence-corrected chi connectivity index (χ2v) is 5.74. The van der Waals surface area contributed by atoms with E-state index in [9.17, 15) is 9.00 Å². The second-order valence-electron chi connectivity index (χ2n) is 4.24. The van der Waals surface area contributed by atoms with E-state index in [2.05, 4.69) is 0 Å². The Bertz CT molecular complexity index is 473. The molecule has 0 fully saturated rings. The molecule has 0 spiro atoms. The number of aliphatic carboxylic acids is 1. The van der Waals surface area contributed by atoms with Gasteiger partial charge in [-0.3, -0.25) is 9.00 Å². The molecule has 4 nitrogen and oxygen atoms in total. The predicted octanol–water partition coefficient (Wildman–Crippen LogP) is 0.695. The van der Waals surface area contributed by atoms with E-state index in [0.717, 1.165) is 19.3 Å². The summed E-state index contributed by atoms with van der Waals surface area (Å²) in [4.78, 5) is 11.3. The maximum Gasteiger partial charge on any atom is 0.321 e. The topological polar surface area (TPSA) is 80.4 Å². The van der Waals surface area contributed by atoms with Crippen molar-refractivity contribution in [2.45, 2.75) is 30.2 Å². The monoisotopic (exact) mass is 253 g/mol. The number of carboxylic acids is 1. The first-order valence-electron chi connectivity index (χ1n) is 5.56. The van der Waals surface area contributed by atoms with Crippen molar-refractivity contribution in [2.24, 2.45) is 5.73 Å². The third-order valence-electron chi connectivity index (χ3n) is 2.98. The molecule has 0 saturated carbocycles. The summed E-state index contributed by atoms with van der Waals surface area (Å²) < 4.78 is 11.9. The largest absolute Gasteiger partial charge is 0.480 e. The molecule has 17 heavy (non-hydrogen) atoms. The van der Waals surface area contributed by atoms with Gasteiger partial charge in [0.2, 0.25) is 0 Å². The van der Waals surface area contributed by atoms with E-state index in [4.69, 9.17) is 10.8 Å². The van der Waals surface area contributed by atoms with Gasteiger partial charge in [0.25, 0.3) is 0 Å². The molecule has 1 aliphatic rings. The number of carboxylic acid groups (broad SMARTS) is 1. The van der Waals surface area contributed by atoms with Crippen LogP contribution >= 0.6 is 0 Å². The number of fused-ring (bicyclic) bond motifs is 1. The van der Waals surface area contributed by atoms with E-state index in [1.54, 1.807) is 0 Å². The standard InChI is InChI=1S/C12H15NO3S/c13-11(12(14)15)7-17(16)10-5-4-8-2-1-3-9(8)6-10/h4-6,11H,1-3,7,13H2,(H,14,15). The van der Waals surface area contributed by atoms with Crippen molar-refractivity contribution in [3.8, 4) is 0 Å². The third kappa shape index (κ3) is 2.73. The van der Waals surface area contributed by atoms with Crippen LogP contribution in [-0.2, 0) is 28.4 Å². The van der Waals surface area contributed by atoms with Crippen molar-refractivity contribution < 1.29 is 14.1 Å². The van der Waals surface area contributed by atoms with E-state index < -0.39 is 22.8 Å². The lowest BCUT2D eigenvalue weighted by Crippen LogP contribution is -2.35. The SMILES string of the molecule is NC(CS(=O)c1ccc2c(c1)CCC2)C(=O)O. The molecular formula is C12H15NO3S. The van der Waals surface area contributed by atoms with Gasteiger partial charge in [-0.1, -0.05) is 6.07 Å². The summed E-state index contributed by atoms with van der Waals surface area (Å²) >= 11 is 0. The van der Waals surface area contributed by atoms with Crippen molar-refractivity contribution in [2.75, 3.05) is 5.75 Å². The van der Waals surface area contributed by atoms with Crippen LogP contribution in [0.2, 0.25) is 0 Å². The van der Waals surface area contributed by atoms with E-state index in [-0.39, 0.29) is 5.75 Å². The van der Waals surface area contributed by atoms with Gasteiger partial charge in [0.15, 0.2) is 0 Å². The summed E-state index contributed by atoms with van der Waals surface area (Å²) in [5.74, 6) is -1.15. The predicted molar refractivity (Wildman–Crippen MR) is 65.4 cm³/mol. The van der Waals surface area contributed by atoms with Gasteiger partial charge >= 0.3 is 5.97 Å². The highest BCUT2D eigenvalue weighted by Crippen LogP contribution is 2.24. The van der Waals surface area contributed by atoms with Crippen molar-refractivity contribution in [1.82, 2.24) is 0 Å². The molecule has 5 heteroatoms. The highest BCUT2D eigenvalue weighted by Gasteiger charge is 2.18. The minimum absolute atomic E-state index is 0.0336. The van der Waals surface area contributed by atoms with Crippen molar-refractivity contribution in [3.63, 3.8) is 0 Å². The zero-order valence-corrected chi connectivity index (χ0v) is 10.2. The number of nitrogens with two attached hydrogens (primary N) is 1. The van der Waals surface area contributed by atoms with E-state index in [1.165, 1.54) is 11.1 Å². The molecule has 0 heterocycles. The smallest absolute Gasteiger partial charge is 0.321 e. The first-order valence-corrected chi connectivity index (χ1v) is 6.88. The molecule has 1 aromatic rings. The van der Waals surface area contributed by atoms with Crippen molar-refractivity contribution in [1.29, 1.82) is 0 Å². The molecule has 0 aliphatic heterocycles. The van der Waals surface area contributed by atoms with Crippen LogP contribution in [0.3, 0.4) is 0 Å². The first kappa shape index (κ1) is 12.3. The quantitative estimate of drug-likeness (QED) is 0.827. The van der Waals surface area contributed by atoms with Crippen LogP contribution in [-0.4, -0.2) is 27.1 Å². The number of hydrogen-bond donors (Lipinski definition) is 2. The average molecular weight is 253 g/mol. The van der Waals surface area contributed by atoms with Gasteiger partial charge in [0.05, 0.1) is 16.6 Å². The molecule has 2 rings (SSSR count). The van der Waals surface area contributed by atoms with Gasteiger partial charge in [-0.05, 0) is 42.5 Å².